The van der Waals surface area contributed by atoms with Crippen LogP contribution in [0.1, 0.15) is 19.4 Å². The standard InChI is InChI=1S/C14H23NSi/c1-6-13-10-9-11-14(12-13)16(7-2,8-3)15(4)5/h6,9-12H,1,7-8H2,2-5H3. The first kappa shape index (κ1) is 13.2. The van der Waals surface area contributed by atoms with E-state index in [2.05, 4.69) is 63.4 Å². The molecule has 0 amide bonds. The Kier molecular flexibility index (Phi) is 4.51. The SMILES string of the molecule is C=Cc1cccc([Si](CC)(CC)N(C)C)c1. The summed E-state index contributed by atoms with van der Waals surface area (Å²) < 4.78 is 2.47. The van der Waals surface area contributed by atoms with Gasteiger partial charge in [-0.15, -0.1) is 0 Å². The van der Waals surface area contributed by atoms with Crippen LogP contribution in [0.3, 0.4) is 0 Å². The Balaban J connectivity index is 3.25. The molecule has 1 rings (SSSR count). The molecule has 0 fully saturated rings. The Morgan fingerprint density at radius 1 is 1.25 bits per heavy atom. The molecule has 0 bridgehead atoms. The van der Waals surface area contributed by atoms with Crippen LogP contribution in [0.15, 0.2) is 30.8 Å². The van der Waals surface area contributed by atoms with Gasteiger partial charge in [0, 0.05) is 0 Å². The molecule has 88 valence electrons. The molecule has 1 nitrogen and oxygen atoms in total. The molecule has 1 aromatic carbocycles. The molecule has 0 unspecified atom stereocenters. The van der Waals surface area contributed by atoms with Gasteiger partial charge in [0.2, 0.25) is 0 Å². The Bertz CT molecular complexity index is 354. The van der Waals surface area contributed by atoms with Crippen LogP contribution < -0.4 is 5.19 Å². The van der Waals surface area contributed by atoms with Gasteiger partial charge in [-0.3, -0.25) is 0 Å². The van der Waals surface area contributed by atoms with E-state index in [0.717, 1.165) is 0 Å². The van der Waals surface area contributed by atoms with Crippen molar-refractivity contribution in [3.05, 3.63) is 36.4 Å². The summed E-state index contributed by atoms with van der Waals surface area (Å²) >= 11 is 0. The van der Waals surface area contributed by atoms with Crippen molar-refractivity contribution < 1.29 is 0 Å². The van der Waals surface area contributed by atoms with Crippen LogP contribution in [0.2, 0.25) is 12.1 Å². The smallest absolute Gasteiger partial charge is 0.159 e. The van der Waals surface area contributed by atoms with Crippen molar-refractivity contribution in [2.75, 3.05) is 14.1 Å². The zero-order chi connectivity index (χ0) is 12.2. The third-order valence-electron chi connectivity index (χ3n) is 3.69. The third kappa shape index (κ3) is 2.28. The Hall–Kier alpha value is -0.863. The van der Waals surface area contributed by atoms with E-state index in [1.54, 1.807) is 0 Å². The van der Waals surface area contributed by atoms with Crippen molar-refractivity contribution >= 4 is 19.5 Å². The molecule has 0 aliphatic carbocycles. The lowest BCUT2D eigenvalue weighted by Gasteiger charge is -2.36. The first-order valence-electron chi connectivity index (χ1n) is 6.01. The molecule has 0 heterocycles. The minimum Gasteiger partial charge on any atom is -0.325 e. The first-order chi connectivity index (χ1) is 7.60. The Labute approximate surface area is 101 Å². The fourth-order valence-electron chi connectivity index (χ4n) is 2.50. The summed E-state index contributed by atoms with van der Waals surface area (Å²) in [6.45, 7) is 8.48. The quantitative estimate of drug-likeness (QED) is 0.707. The summed E-state index contributed by atoms with van der Waals surface area (Å²) in [7, 11) is 2.99. The number of rotatable bonds is 5. The molecule has 0 spiro atoms. The van der Waals surface area contributed by atoms with Gasteiger partial charge in [-0.05, 0) is 36.9 Å². The summed E-state index contributed by atoms with van der Waals surface area (Å²) in [6, 6.07) is 11.4. The minimum atomic E-state index is -1.46. The molecule has 16 heavy (non-hydrogen) atoms. The second kappa shape index (κ2) is 5.46. The van der Waals surface area contributed by atoms with E-state index in [1.165, 1.54) is 22.8 Å². The molecule has 0 saturated carbocycles. The van der Waals surface area contributed by atoms with Crippen molar-refractivity contribution in [2.24, 2.45) is 0 Å². The van der Waals surface area contributed by atoms with Gasteiger partial charge in [0.25, 0.3) is 0 Å². The maximum atomic E-state index is 3.85. The Morgan fingerprint density at radius 3 is 2.31 bits per heavy atom. The molecule has 0 aromatic heterocycles. The van der Waals surface area contributed by atoms with E-state index in [-0.39, 0.29) is 0 Å². The topological polar surface area (TPSA) is 3.24 Å². The van der Waals surface area contributed by atoms with Crippen molar-refractivity contribution in [2.45, 2.75) is 25.9 Å². The molecule has 0 saturated heterocycles. The lowest BCUT2D eigenvalue weighted by atomic mass is 10.2. The van der Waals surface area contributed by atoms with Gasteiger partial charge < -0.3 is 4.57 Å². The van der Waals surface area contributed by atoms with Crippen LogP contribution in [-0.4, -0.2) is 26.9 Å². The fourth-order valence-corrected chi connectivity index (χ4v) is 6.44. The van der Waals surface area contributed by atoms with E-state index in [4.69, 9.17) is 0 Å². The summed E-state index contributed by atoms with van der Waals surface area (Å²) in [5, 5.41) is 1.53. The van der Waals surface area contributed by atoms with Crippen LogP contribution in [0.4, 0.5) is 0 Å². The molecule has 0 atom stereocenters. The molecule has 0 N–H and O–H groups in total. The van der Waals surface area contributed by atoms with E-state index in [1.807, 2.05) is 6.08 Å². The summed E-state index contributed by atoms with van der Waals surface area (Å²) in [5.74, 6) is 0. The second-order valence-electron chi connectivity index (χ2n) is 4.46. The molecular weight excluding hydrogens is 210 g/mol. The number of hydrogen-bond donors (Lipinski definition) is 0. The number of nitrogens with zero attached hydrogens (tertiary/aromatic N) is 1. The van der Waals surface area contributed by atoms with Gasteiger partial charge in [0.05, 0.1) is 0 Å². The molecule has 2 heteroatoms. The monoisotopic (exact) mass is 233 g/mol. The zero-order valence-corrected chi connectivity index (χ0v) is 12.0. The maximum Gasteiger partial charge on any atom is 0.159 e. The van der Waals surface area contributed by atoms with Crippen LogP contribution in [0.25, 0.3) is 6.08 Å². The van der Waals surface area contributed by atoms with Crippen LogP contribution in [-0.2, 0) is 0 Å². The van der Waals surface area contributed by atoms with Crippen molar-refractivity contribution in [3.8, 4) is 0 Å². The minimum absolute atomic E-state index is 1.23. The third-order valence-corrected chi connectivity index (χ3v) is 9.12. The number of benzene rings is 1. The van der Waals surface area contributed by atoms with Gasteiger partial charge in [-0.1, -0.05) is 50.8 Å². The predicted molar refractivity (Wildman–Crippen MR) is 76.6 cm³/mol. The lowest BCUT2D eigenvalue weighted by molar-refractivity contribution is 0.617. The maximum absolute atomic E-state index is 3.85. The van der Waals surface area contributed by atoms with Gasteiger partial charge in [0.1, 0.15) is 0 Å². The van der Waals surface area contributed by atoms with Crippen LogP contribution in [0, 0.1) is 0 Å². The molecule has 0 aliphatic heterocycles. The van der Waals surface area contributed by atoms with E-state index in [9.17, 15) is 0 Å². The predicted octanol–water partition coefficient (Wildman–Crippen LogP) is 3.08. The van der Waals surface area contributed by atoms with E-state index < -0.39 is 8.24 Å². The highest BCUT2D eigenvalue weighted by Crippen LogP contribution is 2.18. The normalized spacial score (nSPS) is 11.8. The first-order valence-corrected chi connectivity index (χ1v) is 8.37. The van der Waals surface area contributed by atoms with Gasteiger partial charge in [0.15, 0.2) is 8.24 Å². The van der Waals surface area contributed by atoms with Gasteiger partial charge in [-0.25, -0.2) is 0 Å². The largest absolute Gasteiger partial charge is 0.325 e. The lowest BCUT2D eigenvalue weighted by Crippen LogP contribution is -2.58. The van der Waals surface area contributed by atoms with Crippen molar-refractivity contribution in [3.63, 3.8) is 0 Å². The molecule has 0 aliphatic rings. The zero-order valence-electron chi connectivity index (χ0n) is 11.0. The highest BCUT2D eigenvalue weighted by Gasteiger charge is 2.34. The van der Waals surface area contributed by atoms with Crippen molar-refractivity contribution in [1.82, 2.24) is 4.57 Å². The highest BCUT2D eigenvalue weighted by molar-refractivity contribution is 6.89. The molecule has 0 radical (unpaired) electrons. The van der Waals surface area contributed by atoms with Crippen molar-refractivity contribution in [1.29, 1.82) is 0 Å². The summed E-state index contributed by atoms with van der Waals surface area (Å²) in [5.41, 5.74) is 1.23. The van der Waals surface area contributed by atoms with Crippen LogP contribution >= 0.6 is 0 Å². The average molecular weight is 233 g/mol. The van der Waals surface area contributed by atoms with E-state index >= 15 is 0 Å². The molecular formula is C14H23NSi. The molecule has 1 aromatic rings. The number of hydrogen-bond acceptors (Lipinski definition) is 1. The second-order valence-corrected chi connectivity index (χ2v) is 9.41. The van der Waals surface area contributed by atoms with E-state index in [0.29, 0.717) is 0 Å². The van der Waals surface area contributed by atoms with Gasteiger partial charge in [-0.2, -0.15) is 0 Å². The van der Waals surface area contributed by atoms with Gasteiger partial charge >= 0.3 is 0 Å². The highest BCUT2D eigenvalue weighted by atomic mass is 28.3. The summed E-state index contributed by atoms with van der Waals surface area (Å²) in [6.07, 6.45) is 1.93. The fraction of sp³-hybridized carbons (Fsp3) is 0.429. The van der Waals surface area contributed by atoms with Crippen LogP contribution in [0.5, 0.6) is 0 Å². The Morgan fingerprint density at radius 2 is 1.88 bits per heavy atom. The summed E-state index contributed by atoms with van der Waals surface area (Å²) in [4.78, 5) is 0. The average Bonchev–Trinajstić information content (AvgIpc) is 2.31.